The summed E-state index contributed by atoms with van der Waals surface area (Å²) >= 11 is 0. The molecule has 4 rings (SSSR count). The predicted molar refractivity (Wildman–Crippen MR) is 134 cm³/mol. The number of hydrogen-bond donors (Lipinski definition) is 2. The summed E-state index contributed by atoms with van der Waals surface area (Å²) < 4.78 is 0. The van der Waals surface area contributed by atoms with E-state index in [1.54, 1.807) is 11.1 Å². The van der Waals surface area contributed by atoms with Crippen LogP contribution in [0.2, 0.25) is 0 Å². The van der Waals surface area contributed by atoms with Crippen LogP contribution in [0.1, 0.15) is 100 Å². The largest absolute Gasteiger partial charge is 0.393 e. The monoisotopic (exact) mass is 440 g/mol. The summed E-state index contributed by atoms with van der Waals surface area (Å²) in [5, 5.41) is 21.4. The molecule has 0 radical (unpaired) electrons. The van der Waals surface area contributed by atoms with Crippen molar-refractivity contribution >= 4 is 0 Å². The molecule has 2 heteroatoms. The van der Waals surface area contributed by atoms with Crippen LogP contribution in [-0.2, 0) is 0 Å². The fourth-order valence-corrected chi connectivity index (χ4v) is 8.94. The van der Waals surface area contributed by atoms with Crippen molar-refractivity contribution in [3.8, 4) is 0 Å². The van der Waals surface area contributed by atoms with E-state index in [0.717, 1.165) is 32.1 Å². The SMILES string of the molecule is CC(C)=C[C@@H](O)C[C@@H](C)[C@H]1CC[C@@]2(C)C3=CC[C@H]4C(C)(C)[C@@H](O)CC[C@]4(C)C3=CC[C@]12C. The lowest BCUT2D eigenvalue weighted by molar-refractivity contribution is -0.0851. The lowest BCUT2D eigenvalue weighted by Crippen LogP contribution is -2.54. The van der Waals surface area contributed by atoms with E-state index in [4.69, 9.17) is 0 Å². The summed E-state index contributed by atoms with van der Waals surface area (Å²) in [4.78, 5) is 0. The Morgan fingerprint density at radius 2 is 1.75 bits per heavy atom. The highest BCUT2D eigenvalue weighted by Crippen LogP contribution is 2.71. The van der Waals surface area contributed by atoms with Gasteiger partial charge in [0.1, 0.15) is 0 Å². The average molecular weight is 441 g/mol. The Hall–Kier alpha value is -0.860. The summed E-state index contributed by atoms with van der Waals surface area (Å²) in [7, 11) is 0. The first-order valence-electron chi connectivity index (χ1n) is 13.2. The van der Waals surface area contributed by atoms with Crippen molar-refractivity contribution in [2.75, 3.05) is 0 Å². The quantitative estimate of drug-likeness (QED) is 0.453. The Bertz CT molecular complexity index is 843. The molecule has 0 aliphatic heterocycles. The Kier molecular flexibility index (Phi) is 5.95. The molecule has 2 saturated carbocycles. The molecule has 8 atom stereocenters. The first-order valence-corrected chi connectivity index (χ1v) is 13.2. The fourth-order valence-electron chi connectivity index (χ4n) is 8.94. The lowest BCUT2D eigenvalue weighted by atomic mass is 9.44. The van der Waals surface area contributed by atoms with Crippen molar-refractivity contribution < 1.29 is 10.2 Å². The summed E-state index contributed by atoms with van der Waals surface area (Å²) in [6.45, 7) is 18.7. The summed E-state index contributed by atoms with van der Waals surface area (Å²) in [5.74, 6) is 1.66. The van der Waals surface area contributed by atoms with E-state index >= 15 is 0 Å². The molecule has 0 saturated heterocycles. The van der Waals surface area contributed by atoms with Crippen LogP contribution < -0.4 is 0 Å². The number of hydrogen-bond acceptors (Lipinski definition) is 2. The van der Waals surface area contributed by atoms with Crippen LogP contribution in [0, 0.1) is 39.4 Å². The van der Waals surface area contributed by atoms with Gasteiger partial charge in [0.05, 0.1) is 12.2 Å². The van der Waals surface area contributed by atoms with Crippen LogP contribution in [0.25, 0.3) is 0 Å². The van der Waals surface area contributed by atoms with Gasteiger partial charge in [-0.1, -0.05) is 65.3 Å². The number of aliphatic hydroxyl groups is 2. The molecule has 0 unspecified atom stereocenters. The van der Waals surface area contributed by atoms with Gasteiger partial charge in [-0.3, -0.25) is 0 Å². The van der Waals surface area contributed by atoms with Gasteiger partial charge < -0.3 is 10.2 Å². The molecule has 0 amide bonds. The van der Waals surface area contributed by atoms with Gasteiger partial charge in [-0.2, -0.15) is 0 Å². The van der Waals surface area contributed by atoms with Crippen molar-refractivity contribution in [2.45, 2.75) is 113 Å². The van der Waals surface area contributed by atoms with Gasteiger partial charge in [-0.05, 0) is 109 Å². The van der Waals surface area contributed by atoms with E-state index in [1.807, 2.05) is 6.08 Å². The molecule has 0 bridgehead atoms. The number of rotatable bonds is 4. The van der Waals surface area contributed by atoms with Crippen molar-refractivity contribution in [1.29, 1.82) is 0 Å². The van der Waals surface area contributed by atoms with Gasteiger partial charge in [0, 0.05) is 0 Å². The highest BCUT2D eigenvalue weighted by atomic mass is 16.3. The minimum Gasteiger partial charge on any atom is -0.393 e. The summed E-state index contributed by atoms with van der Waals surface area (Å²) in [5.41, 5.74) is 5.06. The van der Waals surface area contributed by atoms with E-state index in [1.165, 1.54) is 18.4 Å². The molecule has 4 aliphatic carbocycles. The van der Waals surface area contributed by atoms with E-state index in [-0.39, 0.29) is 33.9 Å². The molecule has 32 heavy (non-hydrogen) atoms. The molecular formula is C30H48O2. The highest BCUT2D eigenvalue weighted by Gasteiger charge is 2.63. The Labute approximate surface area is 197 Å². The van der Waals surface area contributed by atoms with Crippen molar-refractivity contribution in [3.63, 3.8) is 0 Å². The van der Waals surface area contributed by atoms with Crippen LogP contribution in [-0.4, -0.2) is 22.4 Å². The summed E-state index contributed by atoms with van der Waals surface area (Å²) in [6, 6.07) is 0. The zero-order valence-corrected chi connectivity index (χ0v) is 22.0. The van der Waals surface area contributed by atoms with Crippen molar-refractivity contribution in [2.24, 2.45) is 39.4 Å². The fraction of sp³-hybridized carbons (Fsp3) is 0.800. The summed E-state index contributed by atoms with van der Waals surface area (Å²) in [6.07, 6.45) is 14.4. The number of fused-ring (bicyclic) bond motifs is 5. The highest BCUT2D eigenvalue weighted by molar-refractivity contribution is 5.49. The molecule has 0 aromatic carbocycles. The Morgan fingerprint density at radius 3 is 2.41 bits per heavy atom. The van der Waals surface area contributed by atoms with Crippen molar-refractivity contribution in [1.82, 2.24) is 0 Å². The van der Waals surface area contributed by atoms with E-state index in [0.29, 0.717) is 17.8 Å². The average Bonchev–Trinajstić information content (AvgIpc) is 2.96. The molecule has 2 N–H and O–H groups in total. The predicted octanol–water partition coefficient (Wildman–Crippen LogP) is 7.23. The maximum atomic E-state index is 10.8. The lowest BCUT2D eigenvalue weighted by Gasteiger charge is -2.61. The Morgan fingerprint density at radius 1 is 1.06 bits per heavy atom. The normalized spacial score (nSPS) is 44.4. The molecule has 0 heterocycles. The van der Waals surface area contributed by atoms with Gasteiger partial charge in [0.25, 0.3) is 0 Å². The van der Waals surface area contributed by atoms with Crippen LogP contribution in [0.4, 0.5) is 0 Å². The van der Waals surface area contributed by atoms with Crippen molar-refractivity contribution in [3.05, 3.63) is 34.9 Å². The van der Waals surface area contributed by atoms with Crippen LogP contribution in [0.5, 0.6) is 0 Å². The number of aliphatic hydroxyl groups excluding tert-OH is 2. The van der Waals surface area contributed by atoms with Gasteiger partial charge in [0.15, 0.2) is 0 Å². The smallest absolute Gasteiger partial charge is 0.0726 e. The Balaban J connectivity index is 1.66. The molecule has 4 aliphatic rings. The third-order valence-corrected chi connectivity index (χ3v) is 11.1. The third kappa shape index (κ3) is 3.34. The molecule has 2 fully saturated rings. The standard InChI is InChI=1S/C30H48O2/c1-19(2)17-21(31)18-20(3)22-11-15-30(8)24-9-10-25-27(4,5)26(32)13-14-28(25,6)23(24)12-16-29(22,30)7/h9,12,17,20-22,25-26,31-32H,10-11,13-16,18H2,1-8H3/t20-,21-,22-,25+,26+,28-,29-,30+/m1/s1. The maximum absolute atomic E-state index is 10.8. The first-order chi connectivity index (χ1) is 14.8. The van der Waals surface area contributed by atoms with Gasteiger partial charge in [0.2, 0.25) is 0 Å². The minimum absolute atomic E-state index is 0.0364. The van der Waals surface area contributed by atoms with Crippen LogP contribution >= 0.6 is 0 Å². The van der Waals surface area contributed by atoms with Gasteiger partial charge >= 0.3 is 0 Å². The van der Waals surface area contributed by atoms with E-state index in [9.17, 15) is 10.2 Å². The van der Waals surface area contributed by atoms with E-state index < -0.39 is 0 Å². The van der Waals surface area contributed by atoms with Crippen LogP contribution in [0.3, 0.4) is 0 Å². The molecule has 2 nitrogen and oxygen atoms in total. The number of allylic oxidation sites excluding steroid dienone is 5. The van der Waals surface area contributed by atoms with Gasteiger partial charge in [-0.15, -0.1) is 0 Å². The topological polar surface area (TPSA) is 40.5 Å². The molecule has 0 aromatic rings. The second kappa shape index (κ2) is 7.84. The second-order valence-electron chi connectivity index (χ2n) is 13.4. The first kappa shape index (κ1) is 24.3. The zero-order valence-electron chi connectivity index (χ0n) is 22.0. The maximum Gasteiger partial charge on any atom is 0.0726 e. The molecule has 0 aromatic heterocycles. The second-order valence-corrected chi connectivity index (χ2v) is 13.4. The molecule has 0 spiro atoms. The minimum atomic E-state index is -0.329. The molecule has 180 valence electrons. The van der Waals surface area contributed by atoms with E-state index in [2.05, 4.69) is 67.5 Å². The van der Waals surface area contributed by atoms with Gasteiger partial charge in [-0.25, -0.2) is 0 Å². The zero-order chi connectivity index (χ0) is 23.7. The van der Waals surface area contributed by atoms with Crippen LogP contribution in [0.15, 0.2) is 34.9 Å². The third-order valence-electron chi connectivity index (χ3n) is 11.1. The molecular weight excluding hydrogens is 392 g/mol.